The van der Waals surface area contributed by atoms with E-state index in [1.807, 2.05) is 67.6 Å². The third-order valence-corrected chi connectivity index (χ3v) is 4.13. The molecule has 4 rings (SSSR count). The maximum absolute atomic E-state index is 14.2. The van der Waals surface area contributed by atoms with Crippen LogP contribution in [0.3, 0.4) is 0 Å². The standard InChI is InChI=1S/C21H17FN6/c1-14(15-6-3-2-4-7-15)27-28-21-24-13-18(22)20(26-21)25-17-9-10-19-16(12-17)8-5-11-23-19/h2-13H,1H3,(H2,24,25,26,28)/b27-14+. The summed E-state index contributed by atoms with van der Waals surface area (Å²) in [6, 6.07) is 19.1. The minimum Gasteiger partial charge on any atom is -0.338 e. The minimum absolute atomic E-state index is 0.0632. The van der Waals surface area contributed by atoms with Crippen molar-refractivity contribution in [2.24, 2.45) is 5.10 Å². The monoisotopic (exact) mass is 372 g/mol. The van der Waals surface area contributed by atoms with Crippen LogP contribution < -0.4 is 10.7 Å². The van der Waals surface area contributed by atoms with Gasteiger partial charge in [0, 0.05) is 17.3 Å². The van der Waals surface area contributed by atoms with Gasteiger partial charge in [-0.2, -0.15) is 10.1 Å². The summed E-state index contributed by atoms with van der Waals surface area (Å²) < 4.78 is 14.2. The third kappa shape index (κ3) is 3.93. The minimum atomic E-state index is -0.555. The summed E-state index contributed by atoms with van der Waals surface area (Å²) in [7, 11) is 0. The number of hydrogen-bond acceptors (Lipinski definition) is 6. The van der Waals surface area contributed by atoms with E-state index in [0.717, 1.165) is 28.4 Å². The number of pyridine rings is 1. The number of fused-ring (bicyclic) bond motifs is 1. The number of nitrogens with zero attached hydrogens (tertiary/aromatic N) is 4. The molecule has 0 aliphatic rings. The highest BCUT2D eigenvalue weighted by atomic mass is 19.1. The first-order chi connectivity index (χ1) is 13.7. The Bertz CT molecular complexity index is 1140. The molecular weight excluding hydrogens is 355 g/mol. The lowest BCUT2D eigenvalue weighted by Gasteiger charge is -2.09. The van der Waals surface area contributed by atoms with Gasteiger partial charge in [-0.1, -0.05) is 36.4 Å². The van der Waals surface area contributed by atoms with E-state index in [1.165, 1.54) is 0 Å². The van der Waals surface area contributed by atoms with Gasteiger partial charge in [0.15, 0.2) is 11.6 Å². The van der Waals surface area contributed by atoms with E-state index in [1.54, 1.807) is 6.20 Å². The quantitative estimate of drug-likeness (QED) is 0.391. The highest BCUT2D eigenvalue weighted by Crippen LogP contribution is 2.22. The molecule has 28 heavy (non-hydrogen) atoms. The van der Waals surface area contributed by atoms with E-state index in [-0.39, 0.29) is 11.8 Å². The van der Waals surface area contributed by atoms with Gasteiger partial charge in [-0.15, -0.1) is 0 Å². The number of halogens is 1. The van der Waals surface area contributed by atoms with Crippen LogP contribution >= 0.6 is 0 Å². The fourth-order valence-electron chi connectivity index (χ4n) is 2.68. The predicted molar refractivity (Wildman–Crippen MR) is 109 cm³/mol. The van der Waals surface area contributed by atoms with Crippen LogP contribution in [0.5, 0.6) is 0 Å². The number of nitrogens with one attached hydrogen (secondary N) is 2. The maximum Gasteiger partial charge on any atom is 0.245 e. The Morgan fingerprint density at radius 3 is 2.71 bits per heavy atom. The molecule has 0 fully saturated rings. The van der Waals surface area contributed by atoms with E-state index in [9.17, 15) is 4.39 Å². The van der Waals surface area contributed by atoms with Gasteiger partial charge in [-0.05, 0) is 36.8 Å². The molecule has 4 aromatic rings. The molecule has 0 unspecified atom stereocenters. The third-order valence-electron chi connectivity index (χ3n) is 4.13. The second-order valence-electron chi connectivity index (χ2n) is 6.10. The summed E-state index contributed by atoms with van der Waals surface area (Å²) in [5.74, 6) is -0.296. The molecule has 0 aliphatic heterocycles. The smallest absolute Gasteiger partial charge is 0.245 e. The van der Waals surface area contributed by atoms with Crippen LogP contribution in [0, 0.1) is 5.82 Å². The van der Waals surface area contributed by atoms with Crippen molar-refractivity contribution < 1.29 is 4.39 Å². The molecule has 6 nitrogen and oxygen atoms in total. The van der Waals surface area contributed by atoms with Gasteiger partial charge in [-0.25, -0.2) is 14.8 Å². The highest BCUT2D eigenvalue weighted by Gasteiger charge is 2.08. The molecule has 0 bridgehead atoms. The summed E-state index contributed by atoms with van der Waals surface area (Å²) in [4.78, 5) is 12.4. The summed E-state index contributed by atoms with van der Waals surface area (Å²) in [6.45, 7) is 1.87. The van der Waals surface area contributed by atoms with Crippen LogP contribution in [0.4, 0.5) is 21.8 Å². The van der Waals surface area contributed by atoms with Crippen molar-refractivity contribution in [1.82, 2.24) is 15.0 Å². The zero-order chi connectivity index (χ0) is 19.3. The van der Waals surface area contributed by atoms with Gasteiger partial charge in [0.2, 0.25) is 5.95 Å². The van der Waals surface area contributed by atoms with Gasteiger partial charge >= 0.3 is 0 Å². The molecule has 0 saturated heterocycles. The Kier molecular flexibility index (Phi) is 4.88. The number of benzene rings is 2. The van der Waals surface area contributed by atoms with Crippen LogP contribution in [0.15, 0.2) is 78.2 Å². The molecule has 138 valence electrons. The Balaban J connectivity index is 1.55. The Morgan fingerprint density at radius 1 is 1.00 bits per heavy atom. The lowest BCUT2D eigenvalue weighted by molar-refractivity contribution is 0.619. The molecule has 7 heteroatoms. The Hall–Kier alpha value is -3.87. The van der Waals surface area contributed by atoms with Crippen molar-refractivity contribution in [1.29, 1.82) is 0 Å². The first-order valence-electron chi connectivity index (χ1n) is 8.69. The Labute approximate surface area is 161 Å². The van der Waals surface area contributed by atoms with Crippen LogP contribution in [-0.4, -0.2) is 20.7 Å². The van der Waals surface area contributed by atoms with Crippen molar-refractivity contribution in [2.75, 3.05) is 10.7 Å². The molecule has 2 heterocycles. The van der Waals surface area contributed by atoms with Gasteiger partial charge < -0.3 is 5.32 Å². The summed E-state index contributed by atoms with van der Waals surface area (Å²) in [5, 5.41) is 8.20. The van der Waals surface area contributed by atoms with Crippen molar-refractivity contribution in [3.05, 3.63) is 84.4 Å². The van der Waals surface area contributed by atoms with E-state index in [0.29, 0.717) is 5.69 Å². The number of aromatic nitrogens is 3. The topological polar surface area (TPSA) is 75.1 Å². The predicted octanol–water partition coefficient (Wildman–Crippen LogP) is 4.74. The SMILES string of the molecule is C/C(=N\Nc1ncc(F)c(Nc2ccc3ncccc3c2)n1)c1ccccc1. The molecule has 0 atom stereocenters. The van der Waals surface area contributed by atoms with E-state index < -0.39 is 5.82 Å². The second kappa shape index (κ2) is 7.79. The molecule has 0 radical (unpaired) electrons. The van der Waals surface area contributed by atoms with Crippen molar-refractivity contribution in [2.45, 2.75) is 6.92 Å². The number of anilines is 3. The van der Waals surface area contributed by atoms with Crippen LogP contribution in [-0.2, 0) is 0 Å². The van der Waals surface area contributed by atoms with E-state index >= 15 is 0 Å². The highest BCUT2D eigenvalue weighted by molar-refractivity contribution is 5.98. The molecule has 0 amide bonds. The zero-order valence-corrected chi connectivity index (χ0v) is 15.1. The van der Waals surface area contributed by atoms with E-state index in [4.69, 9.17) is 0 Å². The average Bonchev–Trinajstić information content (AvgIpc) is 2.74. The van der Waals surface area contributed by atoms with E-state index in [2.05, 4.69) is 30.8 Å². The summed E-state index contributed by atoms with van der Waals surface area (Å²) in [5.41, 5.74) is 6.08. The fourth-order valence-corrected chi connectivity index (χ4v) is 2.68. The molecule has 2 N–H and O–H groups in total. The van der Waals surface area contributed by atoms with Crippen LogP contribution in [0.1, 0.15) is 12.5 Å². The lowest BCUT2D eigenvalue weighted by atomic mass is 10.1. The first kappa shape index (κ1) is 17.5. The zero-order valence-electron chi connectivity index (χ0n) is 15.1. The van der Waals surface area contributed by atoms with Crippen molar-refractivity contribution >= 4 is 34.1 Å². The van der Waals surface area contributed by atoms with Crippen LogP contribution in [0.2, 0.25) is 0 Å². The van der Waals surface area contributed by atoms with Gasteiger partial charge in [0.1, 0.15) is 0 Å². The molecule has 2 aromatic heterocycles. The number of rotatable bonds is 5. The molecular formula is C21H17FN6. The number of hydrazone groups is 1. The summed E-state index contributed by atoms with van der Waals surface area (Å²) >= 11 is 0. The molecule has 0 aliphatic carbocycles. The first-order valence-corrected chi connectivity index (χ1v) is 8.69. The average molecular weight is 372 g/mol. The fraction of sp³-hybridized carbons (Fsp3) is 0.0476. The second-order valence-corrected chi connectivity index (χ2v) is 6.10. The van der Waals surface area contributed by atoms with Gasteiger partial charge in [0.05, 0.1) is 17.4 Å². The number of hydrogen-bond donors (Lipinski definition) is 2. The largest absolute Gasteiger partial charge is 0.338 e. The molecule has 0 spiro atoms. The molecule has 0 saturated carbocycles. The maximum atomic E-state index is 14.2. The van der Waals surface area contributed by atoms with Crippen molar-refractivity contribution in [3.63, 3.8) is 0 Å². The van der Waals surface area contributed by atoms with Gasteiger partial charge in [-0.3, -0.25) is 4.98 Å². The van der Waals surface area contributed by atoms with Gasteiger partial charge in [0.25, 0.3) is 0 Å². The molecule has 2 aromatic carbocycles. The lowest BCUT2D eigenvalue weighted by Crippen LogP contribution is -2.05. The van der Waals surface area contributed by atoms with Crippen LogP contribution in [0.25, 0.3) is 10.9 Å². The van der Waals surface area contributed by atoms with Crippen molar-refractivity contribution in [3.8, 4) is 0 Å². The normalized spacial score (nSPS) is 11.4. The Morgan fingerprint density at radius 2 is 1.86 bits per heavy atom. The summed E-state index contributed by atoms with van der Waals surface area (Å²) in [6.07, 6.45) is 2.84.